The molecule has 0 aliphatic heterocycles. The summed E-state index contributed by atoms with van der Waals surface area (Å²) in [6.45, 7) is 1.43. The molecule has 0 saturated heterocycles. The molecule has 0 aliphatic rings. The van der Waals surface area contributed by atoms with Gasteiger partial charge in [-0.25, -0.2) is 8.78 Å². The van der Waals surface area contributed by atoms with Gasteiger partial charge in [-0.15, -0.1) is 0 Å². The van der Waals surface area contributed by atoms with Gasteiger partial charge >= 0.3 is 0 Å². The van der Waals surface area contributed by atoms with Gasteiger partial charge in [-0.05, 0) is 24.6 Å². The van der Waals surface area contributed by atoms with Crippen LogP contribution in [0, 0.1) is 0 Å². The van der Waals surface area contributed by atoms with E-state index in [9.17, 15) is 13.6 Å². The second-order valence-electron chi connectivity index (χ2n) is 4.04. The van der Waals surface area contributed by atoms with Crippen LogP contribution in [0.5, 0.6) is 5.75 Å². The SMILES string of the molecule is CCC(F)CC(F)COc1cccc(C(N)=O)c1. The molecule has 1 aromatic carbocycles. The molecule has 0 bridgehead atoms. The molecule has 0 fully saturated rings. The van der Waals surface area contributed by atoms with E-state index in [0.29, 0.717) is 11.3 Å². The molecule has 0 saturated carbocycles. The molecule has 3 nitrogen and oxygen atoms in total. The Kier molecular flexibility index (Phi) is 5.55. The number of nitrogens with two attached hydrogens (primary N) is 1. The molecule has 1 rings (SSSR count). The van der Waals surface area contributed by atoms with Crippen LogP contribution in [0.25, 0.3) is 0 Å². The topological polar surface area (TPSA) is 52.3 Å². The largest absolute Gasteiger partial charge is 0.491 e. The highest BCUT2D eigenvalue weighted by Gasteiger charge is 2.14. The Morgan fingerprint density at radius 1 is 1.39 bits per heavy atom. The maximum Gasteiger partial charge on any atom is 0.248 e. The van der Waals surface area contributed by atoms with Gasteiger partial charge in [0.15, 0.2) is 0 Å². The van der Waals surface area contributed by atoms with E-state index >= 15 is 0 Å². The molecule has 0 spiro atoms. The van der Waals surface area contributed by atoms with Gasteiger partial charge in [-0.1, -0.05) is 13.0 Å². The molecule has 100 valence electrons. The van der Waals surface area contributed by atoms with Crippen molar-refractivity contribution in [3.63, 3.8) is 0 Å². The molecule has 1 amide bonds. The predicted octanol–water partition coefficient (Wildman–Crippen LogP) is 2.64. The van der Waals surface area contributed by atoms with Crippen LogP contribution in [-0.2, 0) is 0 Å². The highest BCUT2D eigenvalue weighted by atomic mass is 19.1. The summed E-state index contributed by atoms with van der Waals surface area (Å²) in [6.07, 6.45) is -2.40. The molecular formula is C13H17F2NO2. The minimum atomic E-state index is -1.36. The Balaban J connectivity index is 2.48. The standard InChI is InChI=1S/C13H17F2NO2/c1-2-10(14)7-11(15)8-18-12-5-3-4-9(6-12)13(16)17/h3-6,10-11H,2,7-8H2,1H3,(H2,16,17). The molecule has 0 radical (unpaired) electrons. The molecule has 18 heavy (non-hydrogen) atoms. The zero-order valence-corrected chi connectivity index (χ0v) is 10.2. The summed E-state index contributed by atoms with van der Waals surface area (Å²) in [5.41, 5.74) is 5.40. The third-order valence-electron chi connectivity index (χ3n) is 2.50. The number of alkyl halides is 2. The highest BCUT2D eigenvalue weighted by Crippen LogP contribution is 2.15. The van der Waals surface area contributed by atoms with Crippen LogP contribution in [-0.4, -0.2) is 24.9 Å². The number of ether oxygens (including phenoxy) is 1. The molecular weight excluding hydrogens is 240 g/mol. The molecule has 0 aliphatic carbocycles. The van der Waals surface area contributed by atoms with Gasteiger partial charge in [0.25, 0.3) is 0 Å². The third kappa shape index (κ3) is 4.69. The Labute approximate surface area is 105 Å². The smallest absolute Gasteiger partial charge is 0.248 e. The van der Waals surface area contributed by atoms with Crippen molar-refractivity contribution < 1.29 is 18.3 Å². The Morgan fingerprint density at radius 3 is 2.72 bits per heavy atom. The van der Waals surface area contributed by atoms with Gasteiger partial charge < -0.3 is 10.5 Å². The first kappa shape index (κ1) is 14.4. The minimum absolute atomic E-state index is 0.175. The average molecular weight is 257 g/mol. The molecule has 2 atom stereocenters. The van der Waals surface area contributed by atoms with Crippen LogP contribution < -0.4 is 10.5 Å². The zero-order chi connectivity index (χ0) is 13.5. The lowest BCUT2D eigenvalue weighted by atomic mass is 10.1. The van der Waals surface area contributed by atoms with Crippen molar-refractivity contribution in [2.45, 2.75) is 32.1 Å². The number of hydrogen-bond donors (Lipinski definition) is 1. The normalized spacial score (nSPS) is 13.9. The summed E-state index contributed by atoms with van der Waals surface area (Å²) in [4.78, 5) is 10.9. The van der Waals surface area contributed by atoms with E-state index < -0.39 is 18.3 Å². The Bertz CT molecular complexity index is 398. The fourth-order valence-electron chi connectivity index (χ4n) is 1.44. The van der Waals surface area contributed by atoms with Crippen molar-refractivity contribution in [1.82, 2.24) is 0 Å². The van der Waals surface area contributed by atoms with Gasteiger partial charge in [0, 0.05) is 12.0 Å². The van der Waals surface area contributed by atoms with Crippen LogP contribution >= 0.6 is 0 Å². The van der Waals surface area contributed by atoms with E-state index in [0.717, 1.165) is 0 Å². The van der Waals surface area contributed by atoms with Crippen molar-refractivity contribution in [2.24, 2.45) is 5.73 Å². The Hall–Kier alpha value is -1.65. The zero-order valence-electron chi connectivity index (χ0n) is 10.2. The number of carbonyl (C=O) groups excluding carboxylic acids is 1. The summed E-state index contributed by atoms with van der Waals surface area (Å²) >= 11 is 0. The summed E-state index contributed by atoms with van der Waals surface area (Å²) in [6, 6.07) is 6.15. The summed E-state index contributed by atoms with van der Waals surface area (Å²) < 4.78 is 31.4. The van der Waals surface area contributed by atoms with Crippen molar-refractivity contribution >= 4 is 5.91 Å². The van der Waals surface area contributed by atoms with Crippen molar-refractivity contribution in [2.75, 3.05) is 6.61 Å². The fraction of sp³-hybridized carbons (Fsp3) is 0.462. The van der Waals surface area contributed by atoms with E-state index in [2.05, 4.69) is 0 Å². The molecule has 5 heteroatoms. The maximum absolute atomic E-state index is 13.3. The van der Waals surface area contributed by atoms with E-state index in [4.69, 9.17) is 10.5 Å². The van der Waals surface area contributed by atoms with Crippen molar-refractivity contribution in [3.05, 3.63) is 29.8 Å². The van der Waals surface area contributed by atoms with Crippen LogP contribution in [0.15, 0.2) is 24.3 Å². The van der Waals surface area contributed by atoms with Crippen molar-refractivity contribution in [1.29, 1.82) is 0 Å². The average Bonchev–Trinajstić information content (AvgIpc) is 2.36. The number of halogens is 2. The van der Waals surface area contributed by atoms with Gasteiger partial charge in [0.2, 0.25) is 5.91 Å². The van der Waals surface area contributed by atoms with Crippen molar-refractivity contribution in [3.8, 4) is 5.75 Å². The lowest BCUT2D eigenvalue weighted by Crippen LogP contribution is -2.18. The molecule has 2 N–H and O–H groups in total. The second kappa shape index (κ2) is 6.93. The fourth-order valence-corrected chi connectivity index (χ4v) is 1.44. The number of amides is 1. The molecule has 1 aromatic rings. The lowest BCUT2D eigenvalue weighted by Gasteiger charge is -2.12. The second-order valence-corrected chi connectivity index (χ2v) is 4.04. The Morgan fingerprint density at radius 2 is 2.11 bits per heavy atom. The first-order valence-electron chi connectivity index (χ1n) is 5.83. The van der Waals surface area contributed by atoms with Gasteiger partial charge in [-0.2, -0.15) is 0 Å². The first-order valence-corrected chi connectivity index (χ1v) is 5.83. The third-order valence-corrected chi connectivity index (χ3v) is 2.50. The quantitative estimate of drug-likeness (QED) is 0.816. The van der Waals surface area contributed by atoms with Crippen LogP contribution in [0.3, 0.4) is 0 Å². The summed E-state index contributed by atoms with van der Waals surface area (Å²) in [5, 5.41) is 0. The van der Waals surface area contributed by atoms with Crippen LogP contribution in [0.4, 0.5) is 8.78 Å². The summed E-state index contributed by atoms with van der Waals surface area (Å²) in [5.74, 6) is -0.229. The molecule has 2 unspecified atom stereocenters. The predicted molar refractivity (Wildman–Crippen MR) is 65.2 cm³/mol. The number of carbonyl (C=O) groups is 1. The van der Waals surface area contributed by atoms with E-state index in [1.165, 1.54) is 12.1 Å². The molecule has 0 heterocycles. The van der Waals surface area contributed by atoms with Crippen LogP contribution in [0.2, 0.25) is 0 Å². The van der Waals surface area contributed by atoms with E-state index in [1.54, 1.807) is 19.1 Å². The lowest BCUT2D eigenvalue weighted by molar-refractivity contribution is 0.0999. The highest BCUT2D eigenvalue weighted by molar-refractivity contribution is 5.93. The maximum atomic E-state index is 13.3. The first-order chi connectivity index (χ1) is 8.52. The molecule has 0 aromatic heterocycles. The number of benzene rings is 1. The monoisotopic (exact) mass is 257 g/mol. The van der Waals surface area contributed by atoms with E-state index in [-0.39, 0.29) is 19.4 Å². The van der Waals surface area contributed by atoms with Gasteiger partial charge in [-0.3, -0.25) is 4.79 Å². The summed E-state index contributed by atoms with van der Waals surface area (Å²) in [7, 11) is 0. The minimum Gasteiger partial charge on any atom is -0.491 e. The number of hydrogen-bond acceptors (Lipinski definition) is 2. The van der Waals surface area contributed by atoms with Gasteiger partial charge in [0.1, 0.15) is 24.7 Å². The van der Waals surface area contributed by atoms with E-state index in [1.807, 2.05) is 0 Å². The number of rotatable bonds is 7. The number of primary amides is 1. The van der Waals surface area contributed by atoms with Gasteiger partial charge in [0.05, 0.1) is 0 Å². The van der Waals surface area contributed by atoms with Crippen LogP contribution in [0.1, 0.15) is 30.1 Å².